The lowest BCUT2D eigenvalue weighted by Crippen LogP contribution is -2.52. The molecule has 3 N–H and O–H groups in total. The summed E-state index contributed by atoms with van der Waals surface area (Å²) in [5.41, 5.74) is 4.63. The van der Waals surface area contributed by atoms with Crippen LogP contribution in [0.25, 0.3) is 11.1 Å². The lowest BCUT2D eigenvalue weighted by Gasteiger charge is -2.31. The minimum Gasteiger partial charge on any atom is -0.480 e. The largest absolute Gasteiger partial charge is 0.480 e. The van der Waals surface area contributed by atoms with Crippen molar-refractivity contribution < 1.29 is 24.2 Å². The number of rotatable bonds is 7. The van der Waals surface area contributed by atoms with Gasteiger partial charge in [0.2, 0.25) is 5.91 Å². The molecule has 0 radical (unpaired) electrons. The zero-order chi connectivity index (χ0) is 23.8. The van der Waals surface area contributed by atoms with Gasteiger partial charge in [-0.25, -0.2) is 9.59 Å². The fourth-order valence-corrected chi connectivity index (χ4v) is 6.26. The first-order valence-electron chi connectivity index (χ1n) is 12.1. The van der Waals surface area contributed by atoms with E-state index in [1.807, 2.05) is 24.3 Å². The Hall–Kier alpha value is -3.35. The van der Waals surface area contributed by atoms with Crippen LogP contribution in [0, 0.1) is 17.8 Å². The number of alkyl carbamates (subject to hydrolysis) is 1. The van der Waals surface area contributed by atoms with E-state index in [0.29, 0.717) is 6.42 Å². The first-order valence-corrected chi connectivity index (χ1v) is 12.1. The molecule has 0 aliphatic heterocycles. The molecule has 2 saturated carbocycles. The highest BCUT2D eigenvalue weighted by Gasteiger charge is 2.52. The summed E-state index contributed by atoms with van der Waals surface area (Å²) in [5.74, 6) is -1.41. The molecule has 0 aromatic heterocycles. The Balaban J connectivity index is 1.25. The van der Waals surface area contributed by atoms with E-state index in [2.05, 4.69) is 34.9 Å². The van der Waals surface area contributed by atoms with Crippen LogP contribution in [0.4, 0.5) is 4.79 Å². The summed E-state index contributed by atoms with van der Waals surface area (Å²) in [7, 11) is 0. The van der Waals surface area contributed by atoms with Crippen molar-refractivity contribution in [2.24, 2.45) is 17.8 Å². The second-order valence-electron chi connectivity index (χ2n) is 9.66. The zero-order valence-electron chi connectivity index (χ0n) is 19.2. The number of nitrogens with one attached hydrogen (secondary N) is 2. The number of amides is 2. The smallest absolute Gasteiger partial charge is 0.407 e. The lowest BCUT2D eigenvalue weighted by atomic mass is 9.83. The van der Waals surface area contributed by atoms with Crippen molar-refractivity contribution >= 4 is 18.0 Å². The second-order valence-corrected chi connectivity index (χ2v) is 9.66. The predicted molar refractivity (Wildman–Crippen MR) is 126 cm³/mol. The zero-order valence-corrected chi connectivity index (χ0v) is 19.2. The maximum absolute atomic E-state index is 13.0. The van der Waals surface area contributed by atoms with E-state index < -0.39 is 24.0 Å². The van der Waals surface area contributed by atoms with Gasteiger partial charge in [0, 0.05) is 12.0 Å². The van der Waals surface area contributed by atoms with E-state index >= 15 is 0 Å². The van der Waals surface area contributed by atoms with Gasteiger partial charge in [0.05, 0.1) is 5.92 Å². The van der Waals surface area contributed by atoms with Gasteiger partial charge in [0.15, 0.2) is 0 Å². The SMILES string of the molecule is CCC(NC(=O)C1C2CCC(C2)C1NC(=O)OCC1c2ccccc2-c2ccccc21)C(=O)O. The van der Waals surface area contributed by atoms with Gasteiger partial charge >= 0.3 is 12.1 Å². The number of hydrogen-bond donors (Lipinski definition) is 3. The maximum atomic E-state index is 13.0. The first kappa shape index (κ1) is 22.4. The van der Waals surface area contributed by atoms with Crippen LogP contribution in [0.15, 0.2) is 48.5 Å². The van der Waals surface area contributed by atoms with Gasteiger partial charge in [-0.3, -0.25) is 4.79 Å². The highest BCUT2D eigenvalue weighted by molar-refractivity contribution is 5.86. The van der Waals surface area contributed by atoms with Gasteiger partial charge in [-0.15, -0.1) is 0 Å². The van der Waals surface area contributed by atoms with Gasteiger partial charge < -0.3 is 20.5 Å². The Morgan fingerprint density at radius 3 is 2.24 bits per heavy atom. The predicted octanol–water partition coefficient (Wildman–Crippen LogP) is 3.92. The summed E-state index contributed by atoms with van der Waals surface area (Å²) in [4.78, 5) is 37.2. The molecule has 2 fully saturated rings. The summed E-state index contributed by atoms with van der Waals surface area (Å²) in [6, 6.07) is 15.1. The molecular weight excluding hydrogens is 432 g/mol. The number of ether oxygens (including phenoxy) is 1. The lowest BCUT2D eigenvalue weighted by molar-refractivity contribution is -0.143. The highest BCUT2D eigenvalue weighted by atomic mass is 16.5. The van der Waals surface area contributed by atoms with E-state index in [4.69, 9.17) is 4.74 Å². The standard InChI is InChI=1S/C27H30N2O5/c1-2-22(26(31)32)28-25(30)23-15-11-12-16(13-15)24(23)29-27(33)34-14-21-19-9-5-3-7-17(19)18-8-4-6-10-20(18)21/h3-10,15-16,21-24H,2,11-14H2,1H3,(H,28,30)(H,29,33)(H,31,32). The summed E-state index contributed by atoms with van der Waals surface area (Å²) in [6.45, 7) is 1.95. The van der Waals surface area contributed by atoms with Crippen LogP contribution in [-0.4, -0.2) is 41.8 Å². The molecule has 5 unspecified atom stereocenters. The van der Waals surface area contributed by atoms with Crippen molar-refractivity contribution in [2.75, 3.05) is 6.61 Å². The van der Waals surface area contributed by atoms with Gasteiger partial charge in [0.25, 0.3) is 0 Å². The molecule has 7 heteroatoms. The number of fused-ring (bicyclic) bond motifs is 5. The van der Waals surface area contributed by atoms with Gasteiger partial charge in [-0.2, -0.15) is 0 Å². The number of carbonyl (C=O) groups is 3. The molecule has 34 heavy (non-hydrogen) atoms. The number of hydrogen-bond acceptors (Lipinski definition) is 4. The molecule has 2 bridgehead atoms. The van der Waals surface area contributed by atoms with Gasteiger partial charge in [-0.1, -0.05) is 55.5 Å². The third kappa shape index (κ3) is 3.93. The number of carboxylic acids is 1. The topological polar surface area (TPSA) is 105 Å². The summed E-state index contributed by atoms with van der Waals surface area (Å²) in [5, 5.41) is 14.9. The third-order valence-electron chi connectivity index (χ3n) is 7.87. The van der Waals surface area contributed by atoms with Crippen molar-refractivity contribution in [1.29, 1.82) is 0 Å². The average Bonchev–Trinajstić information content (AvgIpc) is 3.53. The monoisotopic (exact) mass is 462 g/mol. The van der Waals surface area contributed by atoms with Crippen molar-refractivity contribution in [3.05, 3.63) is 59.7 Å². The molecule has 0 saturated heterocycles. The number of carbonyl (C=O) groups excluding carboxylic acids is 2. The van der Waals surface area contributed by atoms with Crippen molar-refractivity contribution in [3.8, 4) is 11.1 Å². The Kier molecular flexibility index (Phi) is 6.02. The van der Waals surface area contributed by atoms with Crippen molar-refractivity contribution in [1.82, 2.24) is 10.6 Å². The molecule has 2 amide bonds. The van der Waals surface area contributed by atoms with E-state index in [0.717, 1.165) is 30.4 Å². The van der Waals surface area contributed by atoms with Crippen LogP contribution in [-0.2, 0) is 14.3 Å². The van der Waals surface area contributed by atoms with Crippen LogP contribution in [0.3, 0.4) is 0 Å². The minimum absolute atomic E-state index is 0.0295. The molecule has 7 nitrogen and oxygen atoms in total. The molecular formula is C27H30N2O5. The fraction of sp³-hybridized carbons (Fsp3) is 0.444. The molecule has 178 valence electrons. The van der Waals surface area contributed by atoms with E-state index in [-0.39, 0.29) is 36.3 Å². The van der Waals surface area contributed by atoms with Crippen molar-refractivity contribution in [2.45, 2.75) is 50.6 Å². The van der Waals surface area contributed by atoms with Crippen LogP contribution >= 0.6 is 0 Å². The number of carboxylic acid groups (broad SMARTS) is 1. The summed E-state index contributed by atoms with van der Waals surface area (Å²) in [6.07, 6.45) is 2.54. The van der Waals surface area contributed by atoms with E-state index in [1.54, 1.807) is 6.92 Å². The van der Waals surface area contributed by atoms with E-state index in [9.17, 15) is 19.5 Å². The first-order chi connectivity index (χ1) is 16.5. The molecule has 0 spiro atoms. The molecule has 5 rings (SSSR count). The minimum atomic E-state index is -1.04. The summed E-state index contributed by atoms with van der Waals surface area (Å²) < 4.78 is 5.70. The molecule has 0 heterocycles. The number of aliphatic carboxylic acids is 1. The number of benzene rings is 2. The molecule has 3 aliphatic carbocycles. The van der Waals surface area contributed by atoms with Crippen molar-refractivity contribution in [3.63, 3.8) is 0 Å². The maximum Gasteiger partial charge on any atom is 0.407 e. The van der Waals surface area contributed by atoms with Crippen LogP contribution in [0.5, 0.6) is 0 Å². The van der Waals surface area contributed by atoms with Gasteiger partial charge in [0.1, 0.15) is 12.6 Å². The third-order valence-corrected chi connectivity index (χ3v) is 7.87. The Bertz CT molecular complexity index is 1070. The Labute approximate surface area is 198 Å². The second kappa shape index (κ2) is 9.12. The fourth-order valence-electron chi connectivity index (χ4n) is 6.26. The average molecular weight is 463 g/mol. The molecule has 5 atom stereocenters. The summed E-state index contributed by atoms with van der Waals surface area (Å²) >= 11 is 0. The molecule has 2 aromatic carbocycles. The highest BCUT2D eigenvalue weighted by Crippen LogP contribution is 2.49. The van der Waals surface area contributed by atoms with Crippen LogP contribution < -0.4 is 10.6 Å². The molecule has 2 aromatic rings. The Morgan fingerprint density at radius 2 is 1.62 bits per heavy atom. The molecule has 3 aliphatic rings. The normalized spacial score (nSPS) is 25.3. The Morgan fingerprint density at radius 1 is 1.00 bits per heavy atom. The van der Waals surface area contributed by atoms with Gasteiger partial charge in [-0.05, 0) is 59.8 Å². The van der Waals surface area contributed by atoms with Crippen LogP contribution in [0.1, 0.15) is 49.7 Å². The quantitative estimate of drug-likeness (QED) is 0.579. The van der Waals surface area contributed by atoms with Crippen LogP contribution in [0.2, 0.25) is 0 Å². The van der Waals surface area contributed by atoms with E-state index in [1.165, 1.54) is 11.1 Å².